The number of amides is 1. The van der Waals surface area contributed by atoms with Crippen molar-refractivity contribution in [1.82, 2.24) is 10.2 Å². The molecule has 2 heterocycles. The zero-order valence-electron chi connectivity index (χ0n) is 20.6. The number of likely N-dealkylation sites (tertiary alicyclic amines) is 1. The molecule has 2 atom stereocenters. The Morgan fingerprint density at radius 2 is 1.85 bits per heavy atom. The molecule has 4 rings (SSSR count). The van der Waals surface area contributed by atoms with Gasteiger partial charge in [0.15, 0.2) is 0 Å². The standard InChI is InChI=1S/C28H38N2O3S/c1-4-23(29-27(33)26-16-21-8-9-25(32)15-22(21)18-34-26)17-28(2,3)30-12-10-19(11-13-30)20-6-5-7-24(31)14-20/h5-9,14-15,19,23,26,31-32H,4,10-13,16-18H2,1-3H3,(H,29,33)/t23?,26-/m1/s1. The van der Waals surface area contributed by atoms with Crippen molar-refractivity contribution in [3.63, 3.8) is 0 Å². The van der Waals surface area contributed by atoms with Gasteiger partial charge in [0.25, 0.3) is 0 Å². The lowest BCUT2D eigenvalue weighted by molar-refractivity contribution is -0.121. The van der Waals surface area contributed by atoms with Crippen molar-refractivity contribution >= 4 is 17.7 Å². The van der Waals surface area contributed by atoms with Crippen molar-refractivity contribution in [3.8, 4) is 11.5 Å². The van der Waals surface area contributed by atoms with Gasteiger partial charge in [-0.25, -0.2) is 0 Å². The van der Waals surface area contributed by atoms with Crippen molar-refractivity contribution < 1.29 is 15.0 Å². The van der Waals surface area contributed by atoms with Crippen LogP contribution in [0.3, 0.4) is 0 Å². The van der Waals surface area contributed by atoms with E-state index >= 15 is 0 Å². The van der Waals surface area contributed by atoms with Crippen molar-refractivity contribution in [2.45, 2.75) is 81.4 Å². The average Bonchev–Trinajstić information content (AvgIpc) is 2.83. The van der Waals surface area contributed by atoms with Gasteiger partial charge < -0.3 is 15.5 Å². The van der Waals surface area contributed by atoms with Crippen LogP contribution in [0.15, 0.2) is 42.5 Å². The second-order valence-electron chi connectivity index (χ2n) is 10.4. The Morgan fingerprint density at radius 1 is 1.12 bits per heavy atom. The molecule has 1 fully saturated rings. The topological polar surface area (TPSA) is 72.8 Å². The van der Waals surface area contributed by atoms with Gasteiger partial charge >= 0.3 is 0 Å². The first-order valence-electron chi connectivity index (χ1n) is 12.5. The van der Waals surface area contributed by atoms with Gasteiger partial charge in [-0.3, -0.25) is 9.69 Å². The molecule has 1 saturated heterocycles. The molecular formula is C28H38N2O3S. The predicted octanol–water partition coefficient (Wildman–Crippen LogP) is 5.20. The number of thioether (sulfide) groups is 1. The minimum Gasteiger partial charge on any atom is -0.508 e. The van der Waals surface area contributed by atoms with Gasteiger partial charge in [-0.2, -0.15) is 0 Å². The maximum atomic E-state index is 13.1. The van der Waals surface area contributed by atoms with E-state index in [1.807, 2.05) is 24.3 Å². The third kappa shape index (κ3) is 5.89. The molecule has 0 spiro atoms. The van der Waals surface area contributed by atoms with Crippen LogP contribution in [0.4, 0.5) is 0 Å². The molecule has 5 nitrogen and oxygen atoms in total. The summed E-state index contributed by atoms with van der Waals surface area (Å²) in [7, 11) is 0. The summed E-state index contributed by atoms with van der Waals surface area (Å²) in [5.74, 6) is 2.03. The molecule has 2 aromatic carbocycles. The second kappa shape index (κ2) is 10.6. The van der Waals surface area contributed by atoms with Gasteiger partial charge in [0, 0.05) is 17.3 Å². The maximum absolute atomic E-state index is 13.1. The number of rotatable bonds is 7. The molecule has 0 radical (unpaired) electrons. The Hall–Kier alpha value is -2.18. The van der Waals surface area contributed by atoms with Crippen LogP contribution in [-0.4, -0.2) is 50.9 Å². The van der Waals surface area contributed by atoms with Gasteiger partial charge in [0.1, 0.15) is 11.5 Å². The summed E-state index contributed by atoms with van der Waals surface area (Å²) >= 11 is 1.67. The van der Waals surface area contributed by atoms with Gasteiger partial charge in [-0.05, 0) is 106 Å². The average molecular weight is 483 g/mol. The number of nitrogens with one attached hydrogen (secondary N) is 1. The number of fused-ring (bicyclic) bond motifs is 1. The molecule has 0 aromatic heterocycles. The van der Waals surface area contributed by atoms with Gasteiger partial charge in [0.05, 0.1) is 5.25 Å². The number of benzene rings is 2. The molecule has 6 heteroatoms. The molecule has 2 aromatic rings. The van der Waals surface area contributed by atoms with Crippen LogP contribution in [0.5, 0.6) is 11.5 Å². The lowest BCUT2D eigenvalue weighted by atomic mass is 9.85. The molecule has 0 saturated carbocycles. The van der Waals surface area contributed by atoms with Crippen molar-refractivity contribution in [2.24, 2.45) is 0 Å². The van der Waals surface area contributed by atoms with Gasteiger partial charge in [-0.15, -0.1) is 11.8 Å². The number of nitrogens with zero attached hydrogens (tertiary/aromatic N) is 1. The number of piperidine rings is 1. The first-order chi connectivity index (χ1) is 16.2. The van der Waals surface area contributed by atoms with Crippen LogP contribution >= 0.6 is 11.8 Å². The fraction of sp³-hybridized carbons (Fsp3) is 0.536. The van der Waals surface area contributed by atoms with Crippen molar-refractivity contribution in [1.29, 1.82) is 0 Å². The third-order valence-corrected chi connectivity index (χ3v) is 8.87. The number of hydrogen-bond acceptors (Lipinski definition) is 5. The van der Waals surface area contributed by atoms with E-state index in [1.165, 1.54) is 11.1 Å². The lowest BCUT2D eigenvalue weighted by Gasteiger charge is -2.44. The Labute approximate surface area is 207 Å². The zero-order chi connectivity index (χ0) is 24.3. The highest BCUT2D eigenvalue weighted by Gasteiger charge is 2.34. The Morgan fingerprint density at radius 3 is 2.56 bits per heavy atom. The minimum atomic E-state index is -0.0766. The third-order valence-electron chi connectivity index (χ3n) is 7.61. The van der Waals surface area contributed by atoms with Crippen LogP contribution in [0, 0.1) is 0 Å². The molecule has 0 bridgehead atoms. The second-order valence-corrected chi connectivity index (χ2v) is 11.6. The Kier molecular flexibility index (Phi) is 7.78. The lowest BCUT2D eigenvalue weighted by Crippen LogP contribution is -2.52. The SMILES string of the molecule is CCC(CC(C)(C)N1CCC(c2cccc(O)c2)CC1)NC(=O)[C@H]1Cc2ccc(O)cc2CS1. The monoisotopic (exact) mass is 482 g/mol. The van der Waals surface area contributed by atoms with E-state index < -0.39 is 0 Å². The molecular weight excluding hydrogens is 444 g/mol. The van der Waals surface area contributed by atoms with Crippen molar-refractivity contribution in [2.75, 3.05) is 13.1 Å². The zero-order valence-corrected chi connectivity index (χ0v) is 21.4. The highest BCUT2D eigenvalue weighted by Crippen LogP contribution is 2.35. The van der Waals surface area contributed by atoms with E-state index in [9.17, 15) is 15.0 Å². The summed E-state index contributed by atoms with van der Waals surface area (Å²) < 4.78 is 0. The molecule has 34 heavy (non-hydrogen) atoms. The molecule has 1 amide bonds. The first kappa shape index (κ1) is 24.9. The smallest absolute Gasteiger partial charge is 0.233 e. The molecule has 2 aliphatic heterocycles. The fourth-order valence-corrected chi connectivity index (χ4v) is 6.65. The molecule has 184 valence electrons. The minimum absolute atomic E-state index is 0.00158. The molecule has 2 aliphatic rings. The van der Waals surface area contributed by atoms with Crippen LogP contribution < -0.4 is 5.32 Å². The predicted molar refractivity (Wildman–Crippen MR) is 139 cm³/mol. The number of phenolic OH excluding ortho intramolecular Hbond substituents is 2. The van der Waals surface area contributed by atoms with Crippen molar-refractivity contribution in [3.05, 3.63) is 59.2 Å². The first-order valence-corrected chi connectivity index (χ1v) is 13.6. The summed E-state index contributed by atoms with van der Waals surface area (Å²) in [6.07, 6.45) is 4.73. The van der Waals surface area contributed by atoms with E-state index in [4.69, 9.17) is 0 Å². The van der Waals surface area contributed by atoms with Crippen LogP contribution in [0.25, 0.3) is 0 Å². The number of phenols is 2. The summed E-state index contributed by atoms with van der Waals surface area (Å²) in [5, 5.41) is 22.8. The fourth-order valence-electron chi connectivity index (χ4n) is 5.48. The highest BCUT2D eigenvalue weighted by molar-refractivity contribution is 7.99. The summed E-state index contributed by atoms with van der Waals surface area (Å²) in [6.45, 7) is 8.81. The highest BCUT2D eigenvalue weighted by atomic mass is 32.2. The van der Waals surface area contributed by atoms with E-state index in [1.54, 1.807) is 23.9 Å². The van der Waals surface area contributed by atoms with Crippen LogP contribution in [0.2, 0.25) is 0 Å². The van der Waals surface area contributed by atoms with E-state index in [-0.39, 0.29) is 22.7 Å². The molecule has 1 unspecified atom stereocenters. The van der Waals surface area contributed by atoms with Gasteiger partial charge in [0.2, 0.25) is 5.91 Å². The summed E-state index contributed by atoms with van der Waals surface area (Å²) in [5.41, 5.74) is 3.54. The van der Waals surface area contributed by atoms with Crippen LogP contribution in [-0.2, 0) is 17.0 Å². The molecule has 0 aliphatic carbocycles. The summed E-state index contributed by atoms with van der Waals surface area (Å²) in [4.78, 5) is 15.7. The Bertz CT molecular complexity index is 1000. The maximum Gasteiger partial charge on any atom is 0.233 e. The summed E-state index contributed by atoms with van der Waals surface area (Å²) in [6, 6.07) is 13.3. The quantitative estimate of drug-likeness (QED) is 0.506. The Balaban J connectivity index is 1.31. The van der Waals surface area contributed by atoms with Crippen LogP contribution in [0.1, 0.15) is 69.1 Å². The number of aromatic hydroxyl groups is 2. The number of carbonyl (C=O) groups excluding carboxylic acids is 1. The number of hydrogen-bond donors (Lipinski definition) is 3. The number of carbonyl (C=O) groups is 1. The normalized spacial score (nSPS) is 20.5. The largest absolute Gasteiger partial charge is 0.508 e. The van der Waals surface area contributed by atoms with E-state index in [0.29, 0.717) is 23.8 Å². The van der Waals surface area contributed by atoms with E-state index in [2.05, 4.69) is 37.1 Å². The van der Waals surface area contributed by atoms with Gasteiger partial charge in [-0.1, -0.05) is 25.1 Å². The molecule has 3 N–H and O–H groups in total. The van der Waals surface area contributed by atoms with E-state index in [0.717, 1.165) is 50.1 Å².